The molecule has 1 aromatic carbocycles. The van der Waals surface area contributed by atoms with Crippen molar-refractivity contribution in [2.75, 3.05) is 6.54 Å². The summed E-state index contributed by atoms with van der Waals surface area (Å²) in [6, 6.07) is 7.03. The molecule has 1 heterocycles. The summed E-state index contributed by atoms with van der Waals surface area (Å²) in [7, 11) is 0. The van der Waals surface area contributed by atoms with Crippen LogP contribution in [0.5, 0.6) is 0 Å². The zero-order chi connectivity index (χ0) is 13.1. The van der Waals surface area contributed by atoms with Crippen molar-refractivity contribution in [3.63, 3.8) is 0 Å². The van der Waals surface area contributed by atoms with E-state index in [9.17, 15) is 4.79 Å². The zero-order valence-corrected chi connectivity index (χ0v) is 10.3. The summed E-state index contributed by atoms with van der Waals surface area (Å²) in [4.78, 5) is 10.8. The van der Waals surface area contributed by atoms with E-state index in [0.29, 0.717) is 23.7 Å². The van der Waals surface area contributed by atoms with E-state index in [-0.39, 0.29) is 5.76 Å². The van der Waals surface area contributed by atoms with Crippen molar-refractivity contribution < 1.29 is 14.3 Å². The maximum atomic E-state index is 10.8. The number of rotatable bonds is 5. The first kappa shape index (κ1) is 12.7. The Morgan fingerprint density at radius 1 is 1.44 bits per heavy atom. The third kappa shape index (κ3) is 2.91. The van der Waals surface area contributed by atoms with Crippen LogP contribution >= 0.6 is 11.6 Å². The lowest BCUT2D eigenvalue weighted by molar-refractivity contribution is 0.0665. The standard InChI is InChI=1S/C13H12ClNO3/c1-8(14)6-15-7-9-2-3-11-10(4-9)5-12(18-11)13(16)17/h2-5,15H,1,6-7H2,(H,16,17). The highest BCUT2D eigenvalue weighted by atomic mass is 35.5. The summed E-state index contributed by atoms with van der Waals surface area (Å²) >= 11 is 5.64. The molecule has 1 aromatic heterocycles. The lowest BCUT2D eigenvalue weighted by atomic mass is 10.1. The highest BCUT2D eigenvalue weighted by Gasteiger charge is 2.10. The maximum absolute atomic E-state index is 10.8. The van der Waals surface area contributed by atoms with Crippen LogP contribution < -0.4 is 5.32 Å². The van der Waals surface area contributed by atoms with Crippen molar-refractivity contribution in [3.05, 3.63) is 47.2 Å². The Hall–Kier alpha value is -1.78. The first-order valence-electron chi connectivity index (χ1n) is 5.36. The van der Waals surface area contributed by atoms with Crippen molar-refractivity contribution in [1.82, 2.24) is 5.32 Å². The predicted octanol–water partition coefficient (Wildman–Crippen LogP) is 2.97. The minimum absolute atomic E-state index is 0.0516. The molecule has 4 nitrogen and oxygen atoms in total. The molecule has 0 spiro atoms. The van der Waals surface area contributed by atoms with Crippen LogP contribution in [0, 0.1) is 0 Å². The number of hydrogen-bond acceptors (Lipinski definition) is 3. The quantitative estimate of drug-likeness (QED) is 0.872. The van der Waals surface area contributed by atoms with Gasteiger partial charge in [0, 0.05) is 23.5 Å². The molecule has 2 rings (SSSR count). The normalized spacial score (nSPS) is 10.7. The molecule has 5 heteroatoms. The fraction of sp³-hybridized carbons (Fsp3) is 0.154. The van der Waals surface area contributed by atoms with Crippen molar-refractivity contribution in [2.45, 2.75) is 6.54 Å². The van der Waals surface area contributed by atoms with Crippen LogP contribution in [0.2, 0.25) is 0 Å². The Kier molecular flexibility index (Phi) is 3.69. The first-order chi connectivity index (χ1) is 8.56. The topological polar surface area (TPSA) is 62.5 Å². The average molecular weight is 266 g/mol. The monoisotopic (exact) mass is 265 g/mol. The third-order valence-electron chi connectivity index (χ3n) is 2.44. The number of hydrogen-bond donors (Lipinski definition) is 2. The van der Waals surface area contributed by atoms with Crippen molar-refractivity contribution in [1.29, 1.82) is 0 Å². The molecule has 0 unspecified atom stereocenters. The van der Waals surface area contributed by atoms with Gasteiger partial charge < -0.3 is 14.8 Å². The van der Waals surface area contributed by atoms with Gasteiger partial charge in [-0.25, -0.2) is 4.79 Å². The van der Waals surface area contributed by atoms with Crippen LogP contribution in [-0.2, 0) is 6.54 Å². The van der Waals surface area contributed by atoms with E-state index in [1.807, 2.05) is 12.1 Å². The van der Waals surface area contributed by atoms with Gasteiger partial charge in [-0.3, -0.25) is 0 Å². The van der Waals surface area contributed by atoms with Crippen molar-refractivity contribution in [2.24, 2.45) is 0 Å². The molecule has 0 aliphatic heterocycles. The number of carbonyl (C=O) groups is 1. The van der Waals surface area contributed by atoms with Crippen molar-refractivity contribution >= 4 is 28.5 Å². The minimum Gasteiger partial charge on any atom is -0.475 e. The van der Waals surface area contributed by atoms with E-state index in [0.717, 1.165) is 10.9 Å². The lowest BCUT2D eigenvalue weighted by Gasteiger charge is -2.03. The van der Waals surface area contributed by atoms with Gasteiger partial charge in [-0.15, -0.1) is 0 Å². The van der Waals surface area contributed by atoms with Crippen LogP contribution in [0.4, 0.5) is 0 Å². The Morgan fingerprint density at radius 2 is 2.22 bits per heavy atom. The van der Waals surface area contributed by atoms with Gasteiger partial charge in [0.1, 0.15) is 5.58 Å². The number of furan rings is 1. The number of benzene rings is 1. The number of carboxylic acid groups (broad SMARTS) is 1. The van der Waals surface area contributed by atoms with E-state index < -0.39 is 5.97 Å². The highest BCUT2D eigenvalue weighted by molar-refractivity contribution is 6.29. The predicted molar refractivity (Wildman–Crippen MR) is 69.9 cm³/mol. The van der Waals surface area contributed by atoms with Crippen LogP contribution in [0.3, 0.4) is 0 Å². The second-order valence-electron chi connectivity index (χ2n) is 3.91. The molecular weight excluding hydrogens is 254 g/mol. The third-order valence-corrected chi connectivity index (χ3v) is 2.57. The molecule has 2 N–H and O–H groups in total. The van der Waals surface area contributed by atoms with Gasteiger partial charge in [0.05, 0.1) is 0 Å². The number of fused-ring (bicyclic) bond motifs is 1. The number of aromatic carboxylic acids is 1. The average Bonchev–Trinajstić information content (AvgIpc) is 2.71. The molecule has 0 bridgehead atoms. The SMILES string of the molecule is C=C(Cl)CNCc1ccc2oc(C(=O)O)cc2c1. The van der Waals surface area contributed by atoms with Crippen molar-refractivity contribution in [3.8, 4) is 0 Å². The lowest BCUT2D eigenvalue weighted by Crippen LogP contribution is -2.14. The van der Waals surface area contributed by atoms with Gasteiger partial charge in [-0.05, 0) is 23.8 Å². The summed E-state index contributed by atoms with van der Waals surface area (Å²) in [5, 5.41) is 13.3. The molecular formula is C13H12ClNO3. The first-order valence-corrected chi connectivity index (χ1v) is 5.74. The smallest absolute Gasteiger partial charge is 0.371 e. The fourth-order valence-corrected chi connectivity index (χ4v) is 1.75. The summed E-state index contributed by atoms with van der Waals surface area (Å²) in [5.41, 5.74) is 1.59. The van der Waals surface area contributed by atoms with Gasteiger partial charge in [-0.2, -0.15) is 0 Å². The molecule has 18 heavy (non-hydrogen) atoms. The number of nitrogens with one attached hydrogen (secondary N) is 1. The second kappa shape index (κ2) is 5.25. The summed E-state index contributed by atoms with van der Waals surface area (Å²) < 4.78 is 5.17. The van der Waals surface area contributed by atoms with Gasteiger partial charge in [-0.1, -0.05) is 24.2 Å². The van der Waals surface area contributed by atoms with Crippen LogP contribution in [0.1, 0.15) is 16.1 Å². The molecule has 0 atom stereocenters. The van der Waals surface area contributed by atoms with Crippen LogP contribution in [0.15, 0.2) is 40.3 Å². The van der Waals surface area contributed by atoms with Crippen LogP contribution in [-0.4, -0.2) is 17.6 Å². The van der Waals surface area contributed by atoms with E-state index in [1.54, 1.807) is 6.07 Å². The molecule has 0 saturated heterocycles. The Balaban J connectivity index is 2.16. The van der Waals surface area contributed by atoms with E-state index >= 15 is 0 Å². The van der Waals surface area contributed by atoms with E-state index in [1.165, 1.54) is 6.07 Å². The molecule has 0 radical (unpaired) electrons. The molecule has 94 valence electrons. The summed E-state index contributed by atoms with van der Waals surface area (Å²) in [6.07, 6.45) is 0. The second-order valence-corrected chi connectivity index (χ2v) is 4.44. The van der Waals surface area contributed by atoms with Gasteiger partial charge in [0.25, 0.3) is 0 Å². The van der Waals surface area contributed by atoms with E-state index in [4.69, 9.17) is 21.1 Å². The minimum atomic E-state index is -1.07. The molecule has 0 aliphatic rings. The molecule has 2 aromatic rings. The van der Waals surface area contributed by atoms with Gasteiger partial charge in [0.2, 0.25) is 5.76 Å². The molecule has 0 fully saturated rings. The Bertz CT molecular complexity index is 603. The summed E-state index contributed by atoms with van der Waals surface area (Å²) in [5.74, 6) is -1.12. The Morgan fingerprint density at radius 3 is 2.89 bits per heavy atom. The van der Waals surface area contributed by atoms with Crippen LogP contribution in [0.25, 0.3) is 11.0 Å². The highest BCUT2D eigenvalue weighted by Crippen LogP contribution is 2.20. The number of halogens is 1. The Labute approximate surface area is 109 Å². The van der Waals surface area contributed by atoms with E-state index in [2.05, 4.69) is 11.9 Å². The zero-order valence-electron chi connectivity index (χ0n) is 9.57. The number of carboxylic acids is 1. The maximum Gasteiger partial charge on any atom is 0.371 e. The van der Waals surface area contributed by atoms with Gasteiger partial charge in [0.15, 0.2) is 0 Å². The molecule has 0 aliphatic carbocycles. The molecule has 0 amide bonds. The van der Waals surface area contributed by atoms with Gasteiger partial charge >= 0.3 is 5.97 Å². The fourth-order valence-electron chi connectivity index (χ4n) is 1.65. The molecule has 0 saturated carbocycles. The summed E-state index contributed by atoms with van der Waals surface area (Å²) in [6.45, 7) is 4.75. The largest absolute Gasteiger partial charge is 0.475 e.